The minimum Gasteiger partial charge on any atom is -0.369 e. The first-order valence-electron chi connectivity index (χ1n) is 10.1. The number of nitrogens with one attached hydrogen (secondary N) is 1. The highest BCUT2D eigenvalue weighted by atomic mass is 35.5. The fraction of sp³-hybridized carbons (Fsp3) is 0.292. The van der Waals surface area contributed by atoms with Gasteiger partial charge in [-0.25, -0.2) is 9.69 Å². The highest BCUT2D eigenvalue weighted by Gasteiger charge is 2.37. The van der Waals surface area contributed by atoms with Crippen LogP contribution in [0.25, 0.3) is 6.08 Å². The van der Waals surface area contributed by atoms with Gasteiger partial charge in [-0.2, -0.15) is 0 Å². The number of carbonyl (C=O) groups is 3. The molecule has 160 valence electrons. The second kappa shape index (κ2) is 7.54. The van der Waals surface area contributed by atoms with E-state index in [1.165, 1.54) is 5.56 Å². The molecule has 0 unspecified atom stereocenters. The molecule has 4 amide bonds. The molecule has 0 saturated carbocycles. The van der Waals surface area contributed by atoms with E-state index in [0.717, 1.165) is 22.6 Å². The van der Waals surface area contributed by atoms with Gasteiger partial charge in [-0.1, -0.05) is 24.6 Å². The Morgan fingerprint density at radius 3 is 2.45 bits per heavy atom. The molecule has 0 bridgehead atoms. The van der Waals surface area contributed by atoms with Gasteiger partial charge in [0.15, 0.2) is 0 Å². The first kappa shape index (κ1) is 21.1. The van der Waals surface area contributed by atoms with E-state index in [4.69, 9.17) is 11.6 Å². The zero-order valence-electron chi connectivity index (χ0n) is 17.9. The predicted octanol–water partition coefficient (Wildman–Crippen LogP) is 4.73. The van der Waals surface area contributed by atoms with E-state index < -0.39 is 17.8 Å². The van der Waals surface area contributed by atoms with Gasteiger partial charge in [0.2, 0.25) is 0 Å². The van der Waals surface area contributed by atoms with Crippen molar-refractivity contribution in [1.82, 2.24) is 5.32 Å². The van der Waals surface area contributed by atoms with Crippen molar-refractivity contribution in [2.75, 3.05) is 16.8 Å². The van der Waals surface area contributed by atoms with Crippen molar-refractivity contribution >= 4 is 46.9 Å². The lowest BCUT2D eigenvalue weighted by Crippen LogP contribution is -2.54. The van der Waals surface area contributed by atoms with Crippen LogP contribution in [0.1, 0.15) is 44.2 Å². The zero-order valence-corrected chi connectivity index (χ0v) is 18.7. The molecule has 0 aromatic heterocycles. The molecule has 1 atom stereocenters. The van der Waals surface area contributed by atoms with Crippen LogP contribution in [0.3, 0.4) is 0 Å². The van der Waals surface area contributed by atoms with Crippen LogP contribution in [0, 0.1) is 0 Å². The third-order valence-electron chi connectivity index (χ3n) is 6.16. The molecule has 1 N–H and O–H groups in total. The summed E-state index contributed by atoms with van der Waals surface area (Å²) < 4.78 is 0. The molecular formula is C24H24ClN3O3. The summed E-state index contributed by atoms with van der Waals surface area (Å²) in [6, 6.07) is 11.4. The summed E-state index contributed by atoms with van der Waals surface area (Å²) in [6.45, 7) is 6.62. The molecule has 0 radical (unpaired) electrons. The van der Waals surface area contributed by atoms with E-state index in [1.807, 2.05) is 18.2 Å². The maximum Gasteiger partial charge on any atom is 0.335 e. The Hall–Kier alpha value is -3.12. The molecule has 2 aliphatic rings. The van der Waals surface area contributed by atoms with Gasteiger partial charge in [0.1, 0.15) is 5.57 Å². The summed E-state index contributed by atoms with van der Waals surface area (Å²) in [4.78, 5) is 41.1. The molecule has 2 aliphatic heterocycles. The standard InChI is InChI=1S/C24H24ClN3O3/c1-14-13-24(2,3)27(4)20-10-5-15(11-18(14)20)12-19-21(29)26-23(31)28(22(19)30)17-8-6-16(25)7-9-17/h5-12,14H,13H2,1-4H3,(H,26,29,31)/b19-12+/t14-/m0/s1. The molecule has 31 heavy (non-hydrogen) atoms. The van der Waals surface area contributed by atoms with Gasteiger partial charge in [-0.05, 0) is 79.8 Å². The van der Waals surface area contributed by atoms with Gasteiger partial charge in [0.25, 0.3) is 11.8 Å². The summed E-state index contributed by atoms with van der Waals surface area (Å²) in [5, 5.41) is 2.73. The van der Waals surface area contributed by atoms with Crippen LogP contribution in [0.5, 0.6) is 0 Å². The van der Waals surface area contributed by atoms with Crippen LogP contribution in [0.2, 0.25) is 5.02 Å². The third kappa shape index (κ3) is 3.72. The Balaban J connectivity index is 1.72. The lowest BCUT2D eigenvalue weighted by atomic mass is 9.80. The smallest absolute Gasteiger partial charge is 0.335 e. The van der Waals surface area contributed by atoms with Crippen LogP contribution < -0.4 is 15.1 Å². The summed E-state index contributed by atoms with van der Waals surface area (Å²) >= 11 is 5.91. The van der Waals surface area contributed by atoms with E-state index in [-0.39, 0.29) is 11.1 Å². The van der Waals surface area contributed by atoms with Crippen molar-refractivity contribution in [2.24, 2.45) is 0 Å². The highest BCUT2D eigenvalue weighted by molar-refractivity contribution is 6.39. The summed E-state index contributed by atoms with van der Waals surface area (Å²) in [6.07, 6.45) is 2.54. The quantitative estimate of drug-likeness (QED) is 0.544. The number of amides is 4. The zero-order chi connectivity index (χ0) is 22.5. The normalized spacial score (nSPS) is 21.9. The van der Waals surface area contributed by atoms with E-state index in [2.05, 4.69) is 38.0 Å². The first-order valence-corrected chi connectivity index (χ1v) is 10.5. The van der Waals surface area contributed by atoms with Gasteiger partial charge in [0.05, 0.1) is 5.69 Å². The number of carbonyl (C=O) groups excluding carboxylic acids is 3. The molecule has 2 aromatic rings. The Morgan fingerprint density at radius 1 is 1.10 bits per heavy atom. The molecule has 1 saturated heterocycles. The van der Waals surface area contributed by atoms with E-state index in [1.54, 1.807) is 30.3 Å². The number of barbiturate groups is 1. The number of benzene rings is 2. The van der Waals surface area contributed by atoms with Crippen LogP contribution in [0.4, 0.5) is 16.2 Å². The van der Waals surface area contributed by atoms with Crippen molar-refractivity contribution in [3.8, 4) is 0 Å². The minimum absolute atomic E-state index is 0.0467. The third-order valence-corrected chi connectivity index (χ3v) is 6.41. The van der Waals surface area contributed by atoms with Crippen LogP contribution in [0.15, 0.2) is 48.0 Å². The Bertz CT molecular complexity index is 1120. The molecule has 6 nitrogen and oxygen atoms in total. The average Bonchev–Trinajstić information content (AvgIpc) is 2.70. The lowest BCUT2D eigenvalue weighted by molar-refractivity contribution is -0.122. The number of halogens is 1. The number of fused-ring (bicyclic) bond motifs is 1. The number of anilines is 2. The molecule has 7 heteroatoms. The van der Waals surface area contributed by atoms with Gasteiger partial charge in [-0.3, -0.25) is 14.9 Å². The van der Waals surface area contributed by atoms with Gasteiger partial charge in [-0.15, -0.1) is 0 Å². The second-order valence-corrected chi connectivity index (χ2v) is 9.17. The molecule has 0 aliphatic carbocycles. The van der Waals surface area contributed by atoms with Crippen molar-refractivity contribution < 1.29 is 14.4 Å². The number of nitrogens with zero attached hydrogens (tertiary/aromatic N) is 2. The maximum absolute atomic E-state index is 13.1. The van der Waals surface area contributed by atoms with Gasteiger partial charge < -0.3 is 4.90 Å². The number of rotatable bonds is 2. The van der Waals surface area contributed by atoms with E-state index in [0.29, 0.717) is 16.6 Å². The predicted molar refractivity (Wildman–Crippen MR) is 122 cm³/mol. The topological polar surface area (TPSA) is 69.7 Å². The first-order chi connectivity index (χ1) is 14.6. The fourth-order valence-electron chi connectivity index (χ4n) is 4.33. The fourth-order valence-corrected chi connectivity index (χ4v) is 4.46. The largest absolute Gasteiger partial charge is 0.369 e. The Labute approximate surface area is 186 Å². The van der Waals surface area contributed by atoms with Crippen LogP contribution >= 0.6 is 11.6 Å². The van der Waals surface area contributed by atoms with Crippen molar-refractivity contribution in [1.29, 1.82) is 0 Å². The van der Waals surface area contributed by atoms with Crippen LogP contribution in [-0.4, -0.2) is 30.4 Å². The van der Waals surface area contributed by atoms with Crippen molar-refractivity contribution in [2.45, 2.75) is 38.6 Å². The van der Waals surface area contributed by atoms with Crippen LogP contribution in [-0.2, 0) is 9.59 Å². The minimum atomic E-state index is -0.780. The van der Waals surface area contributed by atoms with E-state index >= 15 is 0 Å². The van der Waals surface area contributed by atoms with Crippen molar-refractivity contribution in [3.05, 3.63) is 64.2 Å². The van der Waals surface area contributed by atoms with Gasteiger partial charge >= 0.3 is 6.03 Å². The highest BCUT2D eigenvalue weighted by Crippen LogP contribution is 2.42. The molecule has 4 rings (SSSR count). The summed E-state index contributed by atoms with van der Waals surface area (Å²) in [5.74, 6) is -1.04. The van der Waals surface area contributed by atoms with E-state index in [9.17, 15) is 14.4 Å². The Kier molecular flexibility index (Phi) is 5.13. The number of imide groups is 2. The molecule has 1 fully saturated rings. The molecular weight excluding hydrogens is 414 g/mol. The van der Waals surface area contributed by atoms with Gasteiger partial charge in [0, 0.05) is 23.3 Å². The molecule has 2 heterocycles. The maximum atomic E-state index is 13.1. The van der Waals surface area contributed by atoms with Crippen molar-refractivity contribution in [3.63, 3.8) is 0 Å². The lowest BCUT2D eigenvalue weighted by Gasteiger charge is -2.45. The summed E-state index contributed by atoms with van der Waals surface area (Å²) in [5.41, 5.74) is 3.35. The number of hydrogen-bond donors (Lipinski definition) is 1. The molecule has 0 spiro atoms. The summed E-state index contributed by atoms with van der Waals surface area (Å²) in [7, 11) is 2.08. The monoisotopic (exact) mass is 437 g/mol. The number of hydrogen-bond acceptors (Lipinski definition) is 4. The second-order valence-electron chi connectivity index (χ2n) is 8.73. The SMILES string of the molecule is C[C@H]1CC(C)(C)N(C)c2ccc(/C=C3\C(=O)NC(=O)N(c4ccc(Cl)cc4)C3=O)cc21. The number of urea groups is 1. The average molecular weight is 438 g/mol. The molecule has 2 aromatic carbocycles. The Morgan fingerprint density at radius 2 is 1.77 bits per heavy atom.